The summed E-state index contributed by atoms with van der Waals surface area (Å²) in [5.74, 6) is -0.509. The van der Waals surface area contributed by atoms with Crippen molar-refractivity contribution in [3.05, 3.63) is 88.4 Å². The second kappa shape index (κ2) is 9.58. The molecular formula is C22H17ClN2O5. The van der Waals surface area contributed by atoms with Crippen molar-refractivity contribution in [2.24, 2.45) is 5.10 Å². The maximum atomic E-state index is 12.4. The van der Waals surface area contributed by atoms with Crippen LogP contribution in [0.15, 0.2) is 71.8 Å². The van der Waals surface area contributed by atoms with Gasteiger partial charge in [0.15, 0.2) is 0 Å². The first-order valence-electron chi connectivity index (χ1n) is 8.75. The minimum atomic E-state index is -0.594. The molecule has 0 spiro atoms. The average Bonchev–Trinajstić information content (AvgIpc) is 2.75. The fourth-order valence-electron chi connectivity index (χ4n) is 2.49. The molecule has 3 aromatic carbocycles. The van der Waals surface area contributed by atoms with Crippen LogP contribution in [0.4, 0.5) is 0 Å². The highest BCUT2D eigenvalue weighted by Crippen LogP contribution is 2.23. The van der Waals surface area contributed by atoms with E-state index in [0.717, 1.165) is 0 Å². The van der Waals surface area contributed by atoms with Gasteiger partial charge in [-0.1, -0.05) is 23.7 Å². The van der Waals surface area contributed by atoms with Crippen LogP contribution in [0.3, 0.4) is 0 Å². The van der Waals surface area contributed by atoms with Crippen molar-refractivity contribution in [2.75, 3.05) is 7.11 Å². The number of rotatable bonds is 6. The number of halogens is 1. The number of aromatic hydroxyl groups is 1. The Hall–Kier alpha value is -3.84. The third-order valence-electron chi connectivity index (χ3n) is 4.02. The first kappa shape index (κ1) is 20.9. The number of hydrogen-bond acceptors (Lipinski definition) is 6. The lowest BCUT2D eigenvalue weighted by molar-refractivity contribution is 0.0734. The largest absolute Gasteiger partial charge is 0.507 e. The van der Waals surface area contributed by atoms with Crippen molar-refractivity contribution in [3.63, 3.8) is 0 Å². The number of ether oxygens (including phenoxy) is 2. The number of nitrogens with one attached hydrogen (secondary N) is 1. The molecule has 3 aromatic rings. The van der Waals surface area contributed by atoms with E-state index in [2.05, 4.69) is 10.5 Å². The van der Waals surface area contributed by atoms with Crippen molar-refractivity contribution in [1.29, 1.82) is 0 Å². The van der Waals surface area contributed by atoms with Gasteiger partial charge < -0.3 is 14.6 Å². The van der Waals surface area contributed by atoms with E-state index in [0.29, 0.717) is 21.9 Å². The smallest absolute Gasteiger partial charge is 0.343 e. The zero-order valence-electron chi connectivity index (χ0n) is 15.8. The molecule has 30 heavy (non-hydrogen) atoms. The second-order valence-corrected chi connectivity index (χ2v) is 6.45. The van der Waals surface area contributed by atoms with E-state index in [1.54, 1.807) is 42.5 Å². The number of carbonyl (C=O) groups is 2. The monoisotopic (exact) mass is 424 g/mol. The van der Waals surface area contributed by atoms with Crippen LogP contribution in [0.1, 0.15) is 26.3 Å². The summed E-state index contributed by atoms with van der Waals surface area (Å²) >= 11 is 6.03. The highest BCUT2D eigenvalue weighted by Gasteiger charge is 2.13. The zero-order chi connectivity index (χ0) is 21.5. The molecule has 0 atom stereocenters. The van der Waals surface area contributed by atoms with E-state index in [1.807, 2.05) is 0 Å². The fourth-order valence-corrected chi connectivity index (χ4v) is 2.67. The number of amides is 1. The van der Waals surface area contributed by atoms with Crippen molar-refractivity contribution in [1.82, 2.24) is 5.43 Å². The topological polar surface area (TPSA) is 97.2 Å². The molecule has 0 aliphatic carbocycles. The molecule has 0 aliphatic rings. The van der Waals surface area contributed by atoms with Crippen LogP contribution in [0.2, 0.25) is 5.02 Å². The Labute approximate surface area is 177 Å². The van der Waals surface area contributed by atoms with Crippen LogP contribution in [0.5, 0.6) is 17.2 Å². The van der Waals surface area contributed by atoms with Crippen LogP contribution >= 0.6 is 11.6 Å². The molecule has 3 rings (SSSR count). The van der Waals surface area contributed by atoms with Gasteiger partial charge in [0.2, 0.25) is 0 Å². The Balaban J connectivity index is 1.74. The summed E-state index contributed by atoms with van der Waals surface area (Å²) < 4.78 is 10.5. The predicted molar refractivity (Wildman–Crippen MR) is 113 cm³/mol. The molecule has 7 nitrogen and oxygen atoms in total. The molecule has 0 bridgehead atoms. The van der Waals surface area contributed by atoms with Crippen LogP contribution in [0, 0.1) is 0 Å². The lowest BCUT2D eigenvalue weighted by Crippen LogP contribution is -2.17. The first-order chi connectivity index (χ1) is 14.5. The molecule has 0 heterocycles. The van der Waals surface area contributed by atoms with E-state index in [9.17, 15) is 14.7 Å². The number of carbonyl (C=O) groups excluding carboxylic acids is 2. The molecule has 0 saturated heterocycles. The summed E-state index contributed by atoms with van der Waals surface area (Å²) in [4.78, 5) is 24.5. The van der Waals surface area contributed by atoms with E-state index < -0.39 is 11.9 Å². The van der Waals surface area contributed by atoms with Crippen LogP contribution in [-0.2, 0) is 0 Å². The molecule has 0 aliphatic heterocycles. The summed E-state index contributed by atoms with van der Waals surface area (Å²) in [5.41, 5.74) is 3.09. The van der Waals surface area contributed by atoms with E-state index in [4.69, 9.17) is 21.1 Å². The molecule has 1 amide bonds. The van der Waals surface area contributed by atoms with Gasteiger partial charge in [0.25, 0.3) is 5.91 Å². The molecule has 2 N–H and O–H groups in total. The van der Waals surface area contributed by atoms with Gasteiger partial charge in [-0.05, 0) is 54.6 Å². The Kier molecular flexibility index (Phi) is 6.67. The highest BCUT2D eigenvalue weighted by molar-refractivity contribution is 6.31. The first-order valence-corrected chi connectivity index (χ1v) is 9.13. The number of hydrazone groups is 1. The number of phenols is 1. The Morgan fingerprint density at radius 2 is 1.80 bits per heavy atom. The molecule has 0 fully saturated rings. The minimum absolute atomic E-state index is 0.0758. The van der Waals surface area contributed by atoms with E-state index in [-0.39, 0.29) is 17.1 Å². The maximum absolute atomic E-state index is 12.4. The van der Waals surface area contributed by atoms with Crippen LogP contribution < -0.4 is 14.9 Å². The van der Waals surface area contributed by atoms with Gasteiger partial charge in [-0.25, -0.2) is 10.2 Å². The Morgan fingerprint density at radius 1 is 1.07 bits per heavy atom. The van der Waals surface area contributed by atoms with Crippen molar-refractivity contribution >= 4 is 29.7 Å². The summed E-state index contributed by atoms with van der Waals surface area (Å²) in [6.45, 7) is 0. The molecule has 0 saturated carbocycles. The van der Waals surface area contributed by atoms with Gasteiger partial charge in [0, 0.05) is 10.6 Å². The number of hydrogen-bond donors (Lipinski definition) is 2. The van der Waals surface area contributed by atoms with Gasteiger partial charge in [-0.15, -0.1) is 0 Å². The standard InChI is InChI=1S/C22H17ClN2O5/c1-29-17-9-6-14(7-10-17)22(28)30-20-11-8-16(23)12-15(20)13-24-25-21(27)18-4-2-3-5-19(18)26/h2-13,26H,1H3,(H,25,27)/b24-13+. The van der Waals surface area contributed by atoms with E-state index in [1.165, 1.54) is 37.6 Å². The van der Waals surface area contributed by atoms with Gasteiger partial charge in [0.05, 0.1) is 24.5 Å². The highest BCUT2D eigenvalue weighted by atomic mass is 35.5. The predicted octanol–water partition coefficient (Wildman–Crippen LogP) is 4.04. The molecule has 0 radical (unpaired) electrons. The van der Waals surface area contributed by atoms with Gasteiger partial charge in [-0.2, -0.15) is 5.10 Å². The quantitative estimate of drug-likeness (QED) is 0.269. The molecule has 8 heteroatoms. The molecule has 152 valence electrons. The lowest BCUT2D eigenvalue weighted by Gasteiger charge is -2.08. The second-order valence-electron chi connectivity index (χ2n) is 6.02. The number of phenolic OH excluding ortho intramolecular Hbond substituents is 1. The van der Waals surface area contributed by atoms with Gasteiger partial charge in [0.1, 0.15) is 17.2 Å². The van der Waals surface area contributed by atoms with Crippen molar-refractivity contribution < 1.29 is 24.2 Å². The number of esters is 1. The molecule has 0 aromatic heterocycles. The minimum Gasteiger partial charge on any atom is -0.507 e. The summed E-state index contributed by atoms with van der Waals surface area (Å²) in [5, 5.41) is 14.0. The third-order valence-corrected chi connectivity index (χ3v) is 4.25. The van der Waals surface area contributed by atoms with E-state index >= 15 is 0 Å². The average molecular weight is 425 g/mol. The Morgan fingerprint density at radius 3 is 2.50 bits per heavy atom. The fraction of sp³-hybridized carbons (Fsp3) is 0.0455. The van der Waals surface area contributed by atoms with Crippen LogP contribution in [0.25, 0.3) is 0 Å². The molecule has 0 unspecified atom stereocenters. The van der Waals surface area contributed by atoms with Gasteiger partial charge in [-0.3, -0.25) is 4.79 Å². The number of nitrogens with zero attached hydrogens (tertiary/aromatic N) is 1. The van der Waals surface area contributed by atoms with Gasteiger partial charge >= 0.3 is 5.97 Å². The normalized spacial score (nSPS) is 10.6. The van der Waals surface area contributed by atoms with Crippen molar-refractivity contribution in [3.8, 4) is 17.2 Å². The summed E-state index contributed by atoms with van der Waals surface area (Å²) in [6.07, 6.45) is 1.29. The lowest BCUT2D eigenvalue weighted by atomic mass is 10.2. The zero-order valence-corrected chi connectivity index (χ0v) is 16.6. The SMILES string of the molecule is COc1ccc(C(=O)Oc2ccc(Cl)cc2/C=N/NC(=O)c2ccccc2O)cc1. The third kappa shape index (κ3) is 5.15. The number of para-hydroxylation sites is 1. The number of methoxy groups -OCH3 is 1. The molecular weight excluding hydrogens is 408 g/mol. The Bertz CT molecular complexity index is 1100. The van der Waals surface area contributed by atoms with Crippen LogP contribution in [-0.4, -0.2) is 30.3 Å². The summed E-state index contributed by atoms with van der Waals surface area (Å²) in [6, 6.07) is 17.2. The number of benzene rings is 3. The van der Waals surface area contributed by atoms with Crippen molar-refractivity contribution in [2.45, 2.75) is 0 Å². The maximum Gasteiger partial charge on any atom is 0.343 e. The summed E-state index contributed by atoms with van der Waals surface area (Å²) in [7, 11) is 1.53.